The summed E-state index contributed by atoms with van der Waals surface area (Å²) in [7, 11) is -3.22. The third kappa shape index (κ3) is 3.34. The summed E-state index contributed by atoms with van der Waals surface area (Å²) in [6, 6.07) is 12.7. The SMILES string of the molecule is CS(=O)(=O)c1ccc(-c2csc(-c3ccc([N+](=O)[O-])cc3)n2)cc1. The molecule has 0 spiro atoms. The van der Waals surface area contributed by atoms with Crippen molar-refractivity contribution in [2.45, 2.75) is 4.90 Å². The van der Waals surface area contributed by atoms with Crippen LogP contribution in [-0.4, -0.2) is 24.6 Å². The van der Waals surface area contributed by atoms with Crippen LogP contribution in [0.15, 0.2) is 58.8 Å². The van der Waals surface area contributed by atoms with Gasteiger partial charge in [-0.05, 0) is 24.3 Å². The number of non-ortho nitro benzene ring substituents is 1. The third-order valence-corrected chi connectivity index (χ3v) is 5.43. The molecule has 8 heteroatoms. The molecule has 0 fully saturated rings. The Morgan fingerprint density at radius 2 is 1.58 bits per heavy atom. The second-order valence-corrected chi connectivity index (χ2v) is 8.01. The molecule has 0 radical (unpaired) electrons. The molecule has 0 aliphatic carbocycles. The predicted molar refractivity (Wildman–Crippen MR) is 92.8 cm³/mol. The van der Waals surface area contributed by atoms with Crippen LogP contribution in [0.3, 0.4) is 0 Å². The van der Waals surface area contributed by atoms with Crippen LogP contribution in [0.25, 0.3) is 21.8 Å². The molecule has 0 saturated heterocycles. The molecule has 0 unspecified atom stereocenters. The molecule has 0 aliphatic heterocycles. The predicted octanol–water partition coefficient (Wildman–Crippen LogP) is 3.79. The van der Waals surface area contributed by atoms with Crippen LogP contribution < -0.4 is 0 Å². The van der Waals surface area contributed by atoms with E-state index in [-0.39, 0.29) is 10.6 Å². The Morgan fingerprint density at radius 3 is 2.12 bits per heavy atom. The number of sulfone groups is 1. The molecular formula is C16H12N2O4S2. The number of hydrogen-bond donors (Lipinski definition) is 0. The quantitative estimate of drug-likeness (QED) is 0.521. The summed E-state index contributed by atoms with van der Waals surface area (Å²) in [5, 5.41) is 13.3. The van der Waals surface area contributed by atoms with Gasteiger partial charge in [0.2, 0.25) is 0 Å². The summed E-state index contributed by atoms with van der Waals surface area (Å²) < 4.78 is 23.0. The first kappa shape index (κ1) is 16.3. The summed E-state index contributed by atoms with van der Waals surface area (Å²) in [6.07, 6.45) is 1.16. The molecule has 0 amide bonds. The number of hydrogen-bond acceptors (Lipinski definition) is 6. The summed E-state index contributed by atoms with van der Waals surface area (Å²) in [5.74, 6) is 0. The molecular weight excluding hydrogens is 348 g/mol. The largest absolute Gasteiger partial charge is 0.269 e. The fourth-order valence-electron chi connectivity index (χ4n) is 2.14. The van der Waals surface area contributed by atoms with Gasteiger partial charge in [-0.3, -0.25) is 10.1 Å². The van der Waals surface area contributed by atoms with Gasteiger partial charge in [0.15, 0.2) is 9.84 Å². The van der Waals surface area contributed by atoms with E-state index in [2.05, 4.69) is 4.98 Å². The zero-order chi connectivity index (χ0) is 17.3. The summed E-state index contributed by atoms with van der Waals surface area (Å²) >= 11 is 1.42. The fourth-order valence-corrected chi connectivity index (χ4v) is 3.60. The van der Waals surface area contributed by atoms with Crippen LogP contribution in [-0.2, 0) is 9.84 Å². The smallest absolute Gasteiger partial charge is 0.258 e. The number of aromatic nitrogens is 1. The van der Waals surface area contributed by atoms with Crippen molar-refractivity contribution in [3.05, 3.63) is 64.0 Å². The summed E-state index contributed by atoms with van der Waals surface area (Å²) in [6.45, 7) is 0. The Morgan fingerprint density at radius 1 is 1.00 bits per heavy atom. The van der Waals surface area contributed by atoms with E-state index >= 15 is 0 Å². The van der Waals surface area contributed by atoms with E-state index in [9.17, 15) is 18.5 Å². The minimum Gasteiger partial charge on any atom is -0.258 e. The van der Waals surface area contributed by atoms with Gasteiger partial charge in [0.1, 0.15) is 5.01 Å². The van der Waals surface area contributed by atoms with Gasteiger partial charge >= 0.3 is 0 Å². The highest BCUT2D eigenvalue weighted by Gasteiger charge is 2.11. The van der Waals surface area contributed by atoms with Crippen molar-refractivity contribution in [2.75, 3.05) is 6.26 Å². The minimum atomic E-state index is -3.22. The second-order valence-electron chi connectivity index (χ2n) is 5.14. The maximum absolute atomic E-state index is 11.5. The van der Waals surface area contributed by atoms with Crippen LogP contribution in [0.5, 0.6) is 0 Å². The van der Waals surface area contributed by atoms with Gasteiger partial charge in [-0.1, -0.05) is 12.1 Å². The van der Waals surface area contributed by atoms with Crippen molar-refractivity contribution in [1.82, 2.24) is 4.98 Å². The van der Waals surface area contributed by atoms with Gasteiger partial charge in [0, 0.05) is 34.9 Å². The highest BCUT2D eigenvalue weighted by Crippen LogP contribution is 2.30. The Balaban J connectivity index is 1.89. The molecule has 0 aliphatic rings. The van der Waals surface area contributed by atoms with Gasteiger partial charge < -0.3 is 0 Å². The Labute approximate surface area is 142 Å². The maximum atomic E-state index is 11.5. The van der Waals surface area contributed by atoms with Gasteiger partial charge in [-0.15, -0.1) is 11.3 Å². The minimum absolute atomic E-state index is 0.0342. The average molecular weight is 360 g/mol. The highest BCUT2D eigenvalue weighted by atomic mass is 32.2. The lowest BCUT2D eigenvalue weighted by atomic mass is 10.2. The van der Waals surface area contributed by atoms with Crippen molar-refractivity contribution in [1.29, 1.82) is 0 Å². The molecule has 3 aromatic rings. The molecule has 1 aromatic heterocycles. The van der Waals surface area contributed by atoms with Crippen LogP contribution >= 0.6 is 11.3 Å². The highest BCUT2D eigenvalue weighted by molar-refractivity contribution is 7.90. The third-order valence-electron chi connectivity index (χ3n) is 3.41. The van der Waals surface area contributed by atoms with Gasteiger partial charge in [0.25, 0.3) is 5.69 Å². The van der Waals surface area contributed by atoms with E-state index in [4.69, 9.17) is 0 Å². The molecule has 24 heavy (non-hydrogen) atoms. The number of nitrogens with zero attached hydrogens (tertiary/aromatic N) is 2. The maximum Gasteiger partial charge on any atom is 0.269 e. The van der Waals surface area contributed by atoms with Crippen LogP contribution in [0.1, 0.15) is 0 Å². The lowest BCUT2D eigenvalue weighted by Crippen LogP contribution is -1.96. The monoisotopic (exact) mass is 360 g/mol. The average Bonchev–Trinajstić information content (AvgIpc) is 3.04. The first-order chi connectivity index (χ1) is 11.3. The molecule has 122 valence electrons. The van der Waals surface area contributed by atoms with Gasteiger partial charge in [0.05, 0.1) is 15.5 Å². The number of nitro groups is 1. The number of benzene rings is 2. The number of rotatable bonds is 4. The van der Waals surface area contributed by atoms with Crippen LogP contribution in [0.2, 0.25) is 0 Å². The Kier molecular flexibility index (Phi) is 4.16. The van der Waals surface area contributed by atoms with Crippen LogP contribution in [0, 0.1) is 10.1 Å². The van der Waals surface area contributed by atoms with E-state index in [1.165, 1.54) is 23.5 Å². The summed E-state index contributed by atoms with van der Waals surface area (Å²) in [5.41, 5.74) is 2.37. The normalized spacial score (nSPS) is 11.4. The second kappa shape index (κ2) is 6.14. The molecule has 6 nitrogen and oxygen atoms in total. The van der Waals surface area contributed by atoms with Crippen LogP contribution in [0.4, 0.5) is 5.69 Å². The standard InChI is InChI=1S/C16H12N2O4S2/c1-24(21,22)14-8-4-11(5-9-14)15-10-23-16(17-15)12-2-6-13(7-3-12)18(19)20/h2-10H,1H3. The Bertz CT molecular complexity index is 991. The van der Waals surface area contributed by atoms with Crippen molar-refractivity contribution in [3.63, 3.8) is 0 Å². The number of thiazole rings is 1. The molecule has 2 aromatic carbocycles. The molecule has 0 bridgehead atoms. The van der Waals surface area contributed by atoms with Crippen molar-refractivity contribution < 1.29 is 13.3 Å². The van der Waals surface area contributed by atoms with E-state index in [1.807, 2.05) is 5.38 Å². The molecule has 0 atom stereocenters. The lowest BCUT2D eigenvalue weighted by molar-refractivity contribution is -0.384. The van der Waals surface area contributed by atoms with Crippen molar-refractivity contribution in [2.24, 2.45) is 0 Å². The van der Waals surface area contributed by atoms with Gasteiger partial charge in [-0.2, -0.15) is 0 Å². The van der Waals surface area contributed by atoms with E-state index in [1.54, 1.807) is 36.4 Å². The zero-order valence-corrected chi connectivity index (χ0v) is 14.2. The zero-order valence-electron chi connectivity index (χ0n) is 12.5. The number of nitro benzene ring substituents is 1. The van der Waals surface area contributed by atoms with E-state index in [0.29, 0.717) is 0 Å². The first-order valence-electron chi connectivity index (χ1n) is 6.85. The van der Waals surface area contributed by atoms with E-state index < -0.39 is 14.8 Å². The summed E-state index contributed by atoms with van der Waals surface area (Å²) in [4.78, 5) is 15.0. The molecule has 0 saturated carbocycles. The van der Waals surface area contributed by atoms with Crippen molar-refractivity contribution in [3.8, 4) is 21.8 Å². The van der Waals surface area contributed by atoms with E-state index in [0.717, 1.165) is 28.1 Å². The Hall–Kier alpha value is -2.58. The fraction of sp³-hybridized carbons (Fsp3) is 0.0625. The van der Waals surface area contributed by atoms with Crippen molar-refractivity contribution >= 4 is 26.9 Å². The lowest BCUT2D eigenvalue weighted by Gasteiger charge is -2.00. The molecule has 1 heterocycles. The molecule has 3 rings (SSSR count). The molecule has 0 N–H and O–H groups in total. The first-order valence-corrected chi connectivity index (χ1v) is 9.62. The van der Waals surface area contributed by atoms with Gasteiger partial charge in [-0.25, -0.2) is 13.4 Å². The topological polar surface area (TPSA) is 90.2 Å².